The van der Waals surface area contributed by atoms with Gasteiger partial charge in [0.05, 0.1) is 34.3 Å². The van der Waals surface area contributed by atoms with Gasteiger partial charge in [-0.15, -0.1) is 0 Å². The van der Waals surface area contributed by atoms with E-state index in [1.165, 1.54) is 12.1 Å². The molecule has 0 saturated carbocycles. The Bertz CT molecular complexity index is 1560. The number of aryl methyl sites for hydroxylation is 2. The van der Waals surface area contributed by atoms with Gasteiger partial charge >= 0.3 is 6.03 Å². The SMILES string of the molecule is CCn1c(=O)c(-c2cc(NC(=O)Nc3cnn(C(C)(C)C)c3C)c(F)cc2C)cc2cnc(NC)cc21. The van der Waals surface area contributed by atoms with E-state index in [1.54, 1.807) is 41.7 Å². The van der Waals surface area contributed by atoms with Crippen molar-refractivity contribution < 1.29 is 9.18 Å². The largest absolute Gasteiger partial charge is 0.373 e. The molecule has 0 fully saturated rings. The molecule has 3 N–H and O–H groups in total. The lowest BCUT2D eigenvalue weighted by molar-refractivity contribution is 0.262. The molecule has 37 heavy (non-hydrogen) atoms. The number of pyridine rings is 2. The molecule has 3 heterocycles. The number of hydrogen-bond donors (Lipinski definition) is 3. The smallest absolute Gasteiger partial charge is 0.323 e. The number of anilines is 3. The van der Waals surface area contributed by atoms with Crippen LogP contribution in [0.2, 0.25) is 0 Å². The third-order valence-electron chi connectivity index (χ3n) is 6.30. The lowest BCUT2D eigenvalue weighted by Gasteiger charge is -2.21. The number of urea groups is 1. The Morgan fingerprint density at radius 2 is 1.73 bits per heavy atom. The van der Waals surface area contributed by atoms with Crippen molar-refractivity contribution >= 4 is 34.1 Å². The molecule has 9 nitrogen and oxygen atoms in total. The van der Waals surface area contributed by atoms with Crippen LogP contribution in [-0.4, -0.2) is 32.4 Å². The van der Waals surface area contributed by atoms with Crippen LogP contribution in [0.15, 0.2) is 41.5 Å². The second kappa shape index (κ2) is 9.68. The second-order valence-electron chi connectivity index (χ2n) is 9.94. The van der Waals surface area contributed by atoms with Crippen molar-refractivity contribution in [2.24, 2.45) is 0 Å². The molecule has 0 aliphatic rings. The highest BCUT2D eigenvalue weighted by molar-refractivity contribution is 6.00. The summed E-state index contributed by atoms with van der Waals surface area (Å²) in [6.45, 7) is 12.0. The van der Waals surface area contributed by atoms with Crippen molar-refractivity contribution in [3.05, 3.63) is 64.1 Å². The molecule has 0 unspecified atom stereocenters. The number of carbonyl (C=O) groups excluding carboxylic acids is 1. The molecule has 0 aliphatic carbocycles. The van der Waals surface area contributed by atoms with Crippen molar-refractivity contribution in [1.29, 1.82) is 0 Å². The average Bonchev–Trinajstić information content (AvgIpc) is 3.20. The van der Waals surface area contributed by atoms with E-state index < -0.39 is 11.8 Å². The monoisotopic (exact) mass is 505 g/mol. The lowest BCUT2D eigenvalue weighted by atomic mass is 9.99. The minimum absolute atomic E-state index is 0.0369. The van der Waals surface area contributed by atoms with Gasteiger partial charge in [-0.05, 0) is 70.9 Å². The third-order valence-corrected chi connectivity index (χ3v) is 6.30. The van der Waals surface area contributed by atoms with Crippen LogP contribution in [0.25, 0.3) is 22.0 Å². The Morgan fingerprint density at radius 1 is 1.03 bits per heavy atom. The van der Waals surface area contributed by atoms with Crippen LogP contribution in [0.1, 0.15) is 39.0 Å². The Balaban J connectivity index is 1.71. The highest BCUT2D eigenvalue weighted by Gasteiger charge is 2.20. The minimum atomic E-state index is -0.612. The highest BCUT2D eigenvalue weighted by Crippen LogP contribution is 2.30. The van der Waals surface area contributed by atoms with Crippen LogP contribution < -0.4 is 21.5 Å². The van der Waals surface area contributed by atoms with Gasteiger partial charge in [0.2, 0.25) is 0 Å². The molecule has 3 aromatic heterocycles. The number of benzene rings is 1. The molecule has 4 aromatic rings. The Hall–Kier alpha value is -4.21. The van der Waals surface area contributed by atoms with E-state index in [0.29, 0.717) is 34.7 Å². The fourth-order valence-corrected chi connectivity index (χ4v) is 4.46. The molecule has 0 aliphatic heterocycles. The lowest BCUT2D eigenvalue weighted by Crippen LogP contribution is -2.25. The Kier molecular flexibility index (Phi) is 6.77. The predicted octanol–water partition coefficient (Wildman–Crippen LogP) is 5.48. The van der Waals surface area contributed by atoms with E-state index in [2.05, 4.69) is 26.0 Å². The second-order valence-corrected chi connectivity index (χ2v) is 9.94. The topological polar surface area (TPSA) is 106 Å². The summed E-state index contributed by atoms with van der Waals surface area (Å²) in [6.07, 6.45) is 3.26. The van der Waals surface area contributed by atoms with Crippen molar-refractivity contribution in [3.63, 3.8) is 0 Å². The molecule has 194 valence electrons. The molecule has 0 spiro atoms. The summed E-state index contributed by atoms with van der Waals surface area (Å²) in [6, 6.07) is 5.77. The molecule has 0 radical (unpaired) electrons. The summed E-state index contributed by atoms with van der Waals surface area (Å²) in [7, 11) is 1.77. The molecular formula is C27H32FN7O2. The molecule has 2 amide bonds. The van der Waals surface area contributed by atoms with Crippen LogP contribution in [0.3, 0.4) is 0 Å². The standard InChI is InChI=1S/C27H32FN7O2/c1-8-34-23-12-24(29-7)30-13-17(23)10-19(25(34)36)18-11-21(20(28)9-15(18)2)32-26(37)33-22-14-31-35(16(22)3)27(4,5)6/h9-14H,8H2,1-7H3,(H,29,30)(H2,32,33,37). The molecule has 10 heteroatoms. The number of aromatic nitrogens is 4. The van der Waals surface area contributed by atoms with E-state index in [-0.39, 0.29) is 16.8 Å². The fourth-order valence-electron chi connectivity index (χ4n) is 4.46. The Labute approximate surface area is 214 Å². The van der Waals surface area contributed by atoms with E-state index in [1.807, 2.05) is 40.7 Å². The van der Waals surface area contributed by atoms with Gasteiger partial charge in [0.25, 0.3) is 5.56 Å². The molecule has 4 rings (SSSR count). The minimum Gasteiger partial charge on any atom is -0.373 e. The number of nitrogens with zero attached hydrogens (tertiary/aromatic N) is 4. The maximum absolute atomic E-state index is 14.9. The maximum atomic E-state index is 14.9. The summed E-state index contributed by atoms with van der Waals surface area (Å²) in [5.74, 6) is 0.0519. The molecule has 0 saturated heterocycles. The number of nitrogens with one attached hydrogen (secondary N) is 3. The number of amides is 2. The number of halogens is 1. The van der Waals surface area contributed by atoms with Crippen molar-refractivity contribution in [2.45, 2.75) is 53.6 Å². The fraction of sp³-hybridized carbons (Fsp3) is 0.333. The van der Waals surface area contributed by atoms with Crippen LogP contribution >= 0.6 is 0 Å². The van der Waals surface area contributed by atoms with Gasteiger partial charge < -0.3 is 20.5 Å². The number of fused-ring (bicyclic) bond motifs is 1. The van der Waals surface area contributed by atoms with Gasteiger partial charge in [0, 0.05) is 36.8 Å². The van der Waals surface area contributed by atoms with Crippen LogP contribution in [0, 0.1) is 19.7 Å². The van der Waals surface area contributed by atoms with Crippen LogP contribution in [0.4, 0.5) is 26.4 Å². The van der Waals surface area contributed by atoms with E-state index in [9.17, 15) is 14.0 Å². The van der Waals surface area contributed by atoms with Crippen molar-refractivity contribution in [1.82, 2.24) is 19.3 Å². The normalized spacial score (nSPS) is 11.6. The van der Waals surface area contributed by atoms with Crippen LogP contribution in [-0.2, 0) is 12.1 Å². The number of carbonyl (C=O) groups is 1. The average molecular weight is 506 g/mol. The summed E-state index contributed by atoms with van der Waals surface area (Å²) in [4.78, 5) is 30.6. The number of rotatable bonds is 5. The zero-order valence-electron chi connectivity index (χ0n) is 22.2. The first-order chi connectivity index (χ1) is 17.4. The molecule has 1 aromatic carbocycles. The molecular weight excluding hydrogens is 473 g/mol. The molecule has 0 atom stereocenters. The van der Waals surface area contributed by atoms with Crippen molar-refractivity contribution in [3.8, 4) is 11.1 Å². The zero-order chi connectivity index (χ0) is 27.1. The quantitative estimate of drug-likeness (QED) is 0.333. The predicted molar refractivity (Wildman–Crippen MR) is 146 cm³/mol. The first-order valence-corrected chi connectivity index (χ1v) is 12.1. The van der Waals surface area contributed by atoms with Gasteiger partial charge in [-0.25, -0.2) is 14.2 Å². The number of hydrogen-bond acceptors (Lipinski definition) is 5. The summed E-state index contributed by atoms with van der Waals surface area (Å²) in [5.41, 5.74) is 3.05. The Morgan fingerprint density at radius 3 is 2.35 bits per heavy atom. The van der Waals surface area contributed by atoms with Gasteiger partial charge in [0.1, 0.15) is 11.6 Å². The van der Waals surface area contributed by atoms with E-state index in [4.69, 9.17) is 0 Å². The summed E-state index contributed by atoms with van der Waals surface area (Å²) >= 11 is 0. The first kappa shape index (κ1) is 25.9. The van der Waals surface area contributed by atoms with Gasteiger partial charge in [-0.1, -0.05) is 0 Å². The maximum Gasteiger partial charge on any atom is 0.323 e. The van der Waals surface area contributed by atoms with Gasteiger partial charge in [0.15, 0.2) is 0 Å². The summed E-state index contributed by atoms with van der Waals surface area (Å²) < 4.78 is 18.4. The zero-order valence-corrected chi connectivity index (χ0v) is 22.2. The highest BCUT2D eigenvalue weighted by atomic mass is 19.1. The summed E-state index contributed by atoms with van der Waals surface area (Å²) in [5, 5.41) is 13.4. The van der Waals surface area contributed by atoms with Crippen LogP contribution in [0.5, 0.6) is 0 Å². The van der Waals surface area contributed by atoms with E-state index >= 15 is 0 Å². The molecule has 0 bridgehead atoms. The van der Waals surface area contributed by atoms with Gasteiger partial charge in [-0.3, -0.25) is 9.48 Å². The van der Waals surface area contributed by atoms with Crippen molar-refractivity contribution in [2.75, 3.05) is 23.0 Å². The van der Waals surface area contributed by atoms with E-state index in [0.717, 1.165) is 16.6 Å². The van der Waals surface area contributed by atoms with Gasteiger partial charge in [-0.2, -0.15) is 5.10 Å². The third kappa shape index (κ3) is 4.91. The first-order valence-electron chi connectivity index (χ1n) is 12.1.